The van der Waals surface area contributed by atoms with E-state index in [4.69, 9.17) is 0 Å². The van der Waals surface area contributed by atoms with E-state index in [2.05, 4.69) is 10.6 Å². The molecule has 2 fully saturated rings. The molecule has 7 nitrogen and oxygen atoms in total. The van der Waals surface area contributed by atoms with Gasteiger partial charge < -0.3 is 15.7 Å². The number of carbonyl (C=O) groups is 3. The molecule has 2 rings (SSSR count). The Hall–Kier alpha value is -1.44. The summed E-state index contributed by atoms with van der Waals surface area (Å²) in [5.41, 5.74) is 0. The van der Waals surface area contributed by atoms with Crippen molar-refractivity contribution in [2.75, 3.05) is 12.3 Å². The largest absolute Gasteiger partial charge is 0.480 e. The van der Waals surface area contributed by atoms with Crippen LogP contribution in [-0.4, -0.2) is 57.7 Å². The molecule has 2 heterocycles. The lowest BCUT2D eigenvalue weighted by atomic mass is 10.1. The first-order chi connectivity index (χ1) is 9.54. The lowest BCUT2D eigenvalue weighted by Crippen LogP contribution is -2.56. The minimum Gasteiger partial charge on any atom is -0.480 e. The van der Waals surface area contributed by atoms with Crippen molar-refractivity contribution >= 4 is 29.7 Å². The molecule has 0 bridgehead atoms. The number of nitrogens with one attached hydrogen (secondary N) is 2. The van der Waals surface area contributed by atoms with E-state index in [0.717, 1.165) is 6.42 Å². The van der Waals surface area contributed by atoms with Crippen molar-refractivity contribution in [3.8, 4) is 0 Å². The normalized spacial score (nSPS) is 29.9. The number of carbonyl (C=O) groups excluding carboxylic acids is 2. The van der Waals surface area contributed by atoms with Crippen LogP contribution in [0.15, 0.2) is 0 Å². The minimum atomic E-state index is -1.00. The summed E-state index contributed by atoms with van der Waals surface area (Å²) in [4.78, 5) is 36.5. The van der Waals surface area contributed by atoms with E-state index in [0.29, 0.717) is 25.1 Å². The zero-order chi connectivity index (χ0) is 14.7. The van der Waals surface area contributed by atoms with E-state index in [1.54, 1.807) is 0 Å². The number of urea groups is 1. The van der Waals surface area contributed by atoms with Gasteiger partial charge in [0.05, 0.1) is 5.37 Å². The Labute approximate surface area is 121 Å². The van der Waals surface area contributed by atoms with Crippen molar-refractivity contribution in [2.24, 2.45) is 0 Å². The summed E-state index contributed by atoms with van der Waals surface area (Å²) in [5, 5.41) is 14.4. The molecule has 3 N–H and O–H groups in total. The summed E-state index contributed by atoms with van der Waals surface area (Å²) in [6.07, 6.45) is 2.08. The maximum absolute atomic E-state index is 12.3. The molecule has 0 spiro atoms. The van der Waals surface area contributed by atoms with E-state index < -0.39 is 24.1 Å². The van der Waals surface area contributed by atoms with Gasteiger partial charge in [-0.05, 0) is 19.3 Å². The first-order valence-electron chi connectivity index (χ1n) is 6.75. The van der Waals surface area contributed by atoms with E-state index >= 15 is 0 Å². The van der Waals surface area contributed by atoms with Gasteiger partial charge >= 0.3 is 12.0 Å². The number of rotatable bonds is 3. The highest BCUT2D eigenvalue weighted by molar-refractivity contribution is 8.00. The van der Waals surface area contributed by atoms with Crippen LogP contribution in [0.3, 0.4) is 0 Å². The summed E-state index contributed by atoms with van der Waals surface area (Å²) < 4.78 is 0. The average molecular weight is 301 g/mol. The van der Waals surface area contributed by atoms with E-state index in [-0.39, 0.29) is 11.3 Å². The zero-order valence-corrected chi connectivity index (χ0v) is 12.1. The number of hydrogen-bond donors (Lipinski definition) is 3. The molecule has 2 aliphatic heterocycles. The molecular weight excluding hydrogens is 282 g/mol. The maximum Gasteiger partial charge on any atom is 0.327 e. The number of thioether (sulfide) groups is 1. The second-order valence-electron chi connectivity index (χ2n) is 4.89. The second kappa shape index (κ2) is 6.34. The summed E-state index contributed by atoms with van der Waals surface area (Å²) in [6.45, 7) is 2.54. The maximum atomic E-state index is 12.3. The van der Waals surface area contributed by atoms with Crippen molar-refractivity contribution in [2.45, 2.75) is 43.6 Å². The molecule has 2 aliphatic rings. The number of carboxylic acids is 1. The number of nitrogens with zero attached hydrogens (tertiary/aromatic N) is 1. The van der Waals surface area contributed by atoms with Gasteiger partial charge in [-0.3, -0.25) is 9.69 Å². The van der Waals surface area contributed by atoms with Gasteiger partial charge in [0.25, 0.3) is 0 Å². The Morgan fingerprint density at radius 1 is 1.55 bits per heavy atom. The highest BCUT2D eigenvalue weighted by Gasteiger charge is 2.41. The quantitative estimate of drug-likeness (QED) is 0.692. The van der Waals surface area contributed by atoms with Gasteiger partial charge in [-0.1, -0.05) is 6.92 Å². The van der Waals surface area contributed by atoms with Crippen molar-refractivity contribution in [1.82, 2.24) is 15.5 Å². The lowest BCUT2D eigenvalue weighted by Gasteiger charge is -2.30. The predicted octanol–water partition coefficient (Wildman–Crippen LogP) is 0.213. The molecule has 3 amide bonds. The summed E-state index contributed by atoms with van der Waals surface area (Å²) in [6, 6.07) is -1.85. The van der Waals surface area contributed by atoms with Crippen LogP contribution in [0.25, 0.3) is 0 Å². The Kier molecular flexibility index (Phi) is 4.74. The molecule has 0 aromatic carbocycles. The zero-order valence-electron chi connectivity index (χ0n) is 11.3. The van der Waals surface area contributed by atoms with Gasteiger partial charge in [-0.2, -0.15) is 0 Å². The Morgan fingerprint density at radius 2 is 2.30 bits per heavy atom. The second-order valence-corrected chi connectivity index (χ2v) is 6.10. The predicted molar refractivity (Wildman–Crippen MR) is 74.4 cm³/mol. The van der Waals surface area contributed by atoms with Gasteiger partial charge in [-0.25, -0.2) is 9.59 Å². The number of amides is 3. The third kappa shape index (κ3) is 3.00. The minimum absolute atomic E-state index is 0.150. The monoisotopic (exact) mass is 301 g/mol. The van der Waals surface area contributed by atoms with Gasteiger partial charge in [0.2, 0.25) is 5.91 Å². The Balaban J connectivity index is 2.05. The van der Waals surface area contributed by atoms with Crippen LogP contribution >= 0.6 is 11.8 Å². The molecule has 0 aliphatic carbocycles. The molecule has 0 saturated carbocycles. The van der Waals surface area contributed by atoms with E-state index in [9.17, 15) is 19.5 Å². The van der Waals surface area contributed by atoms with Crippen molar-refractivity contribution in [3.05, 3.63) is 0 Å². The van der Waals surface area contributed by atoms with Crippen molar-refractivity contribution in [3.63, 3.8) is 0 Å². The van der Waals surface area contributed by atoms with E-state index in [1.807, 2.05) is 6.92 Å². The van der Waals surface area contributed by atoms with E-state index in [1.165, 1.54) is 16.7 Å². The summed E-state index contributed by atoms with van der Waals surface area (Å²) in [5.74, 6) is -0.814. The highest BCUT2D eigenvalue weighted by atomic mass is 32.2. The first-order valence-corrected chi connectivity index (χ1v) is 7.80. The Bertz CT molecular complexity index is 418. The average Bonchev–Trinajstić information content (AvgIpc) is 2.85. The van der Waals surface area contributed by atoms with Crippen LogP contribution in [0, 0.1) is 0 Å². The smallest absolute Gasteiger partial charge is 0.327 e. The number of carboxylic acid groups (broad SMARTS) is 1. The molecule has 112 valence electrons. The highest BCUT2D eigenvalue weighted by Crippen LogP contribution is 2.31. The number of aliphatic carboxylic acids is 1. The number of piperidine rings is 1. The standard InChI is InChI=1S/C12H19N3O4S/c1-2-9-15(8(6-20-9)11(17)18)12(19)14-7-4-3-5-13-10(7)16/h7-9H,2-6H2,1H3,(H,13,16)(H,14,19)(H,17,18). The molecule has 20 heavy (non-hydrogen) atoms. The topological polar surface area (TPSA) is 98.7 Å². The molecular formula is C12H19N3O4S. The van der Waals surface area contributed by atoms with Crippen molar-refractivity contribution in [1.29, 1.82) is 0 Å². The molecule has 3 unspecified atom stereocenters. The first kappa shape index (κ1) is 15.0. The SMILES string of the molecule is CCC1SCC(C(=O)O)N1C(=O)NC1CCCNC1=O. The fourth-order valence-corrected chi connectivity index (χ4v) is 3.82. The van der Waals surface area contributed by atoms with Crippen LogP contribution in [0.1, 0.15) is 26.2 Å². The summed E-state index contributed by atoms with van der Waals surface area (Å²) >= 11 is 1.46. The van der Waals surface area contributed by atoms with Crippen LogP contribution < -0.4 is 10.6 Å². The third-order valence-electron chi connectivity index (χ3n) is 3.54. The lowest BCUT2D eigenvalue weighted by molar-refractivity contribution is -0.141. The van der Waals surface area contributed by atoms with Crippen LogP contribution in [-0.2, 0) is 9.59 Å². The van der Waals surface area contributed by atoms with Crippen molar-refractivity contribution < 1.29 is 19.5 Å². The Morgan fingerprint density at radius 3 is 2.90 bits per heavy atom. The molecule has 8 heteroatoms. The van der Waals surface area contributed by atoms with Crippen LogP contribution in [0.4, 0.5) is 4.79 Å². The van der Waals surface area contributed by atoms with Gasteiger partial charge in [0.15, 0.2) is 0 Å². The molecule has 0 radical (unpaired) electrons. The molecule has 0 aromatic heterocycles. The fourth-order valence-electron chi connectivity index (χ4n) is 2.47. The fraction of sp³-hybridized carbons (Fsp3) is 0.750. The van der Waals surface area contributed by atoms with Crippen LogP contribution in [0.2, 0.25) is 0 Å². The van der Waals surface area contributed by atoms with Crippen LogP contribution in [0.5, 0.6) is 0 Å². The van der Waals surface area contributed by atoms with Gasteiger partial charge in [0, 0.05) is 12.3 Å². The van der Waals surface area contributed by atoms with Gasteiger partial charge in [0.1, 0.15) is 12.1 Å². The third-order valence-corrected chi connectivity index (χ3v) is 5.00. The molecule has 0 aromatic rings. The summed E-state index contributed by atoms with van der Waals surface area (Å²) in [7, 11) is 0. The molecule has 2 saturated heterocycles. The molecule has 3 atom stereocenters. The number of hydrogen-bond acceptors (Lipinski definition) is 4. The van der Waals surface area contributed by atoms with Gasteiger partial charge in [-0.15, -0.1) is 11.8 Å².